The van der Waals surface area contributed by atoms with Gasteiger partial charge in [0.1, 0.15) is 9.75 Å². The molecule has 11 heteroatoms. The molecule has 5 rings (SSSR count). The van der Waals surface area contributed by atoms with Crippen LogP contribution >= 0.6 is 69.6 Å². The van der Waals surface area contributed by atoms with Crippen molar-refractivity contribution in [2.75, 3.05) is 6.61 Å². The van der Waals surface area contributed by atoms with E-state index in [9.17, 15) is 9.59 Å². The maximum atomic E-state index is 12.8. The summed E-state index contributed by atoms with van der Waals surface area (Å²) < 4.78 is 4.30. The van der Waals surface area contributed by atoms with Gasteiger partial charge in [0, 0.05) is 11.8 Å². The lowest BCUT2D eigenvalue weighted by Gasteiger charge is -2.39. The number of hydroxylamine groups is 2. The van der Waals surface area contributed by atoms with E-state index in [0.717, 1.165) is 5.06 Å². The summed E-state index contributed by atoms with van der Waals surface area (Å²) in [6.45, 7) is 3.53. The van der Waals surface area contributed by atoms with Gasteiger partial charge < -0.3 is 4.74 Å². The van der Waals surface area contributed by atoms with Crippen molar-refractivity contribution < 1.29 is 19.2 Å². The highest BCUT2D eigenvalue weighted by atomic mass is 35.5. The van der Waals surface area contributed by atoms with E-state index in [-0.39, 0.29) is 16.7 Å². The highest BCUT2D eigenvalue weighted by molar-refractivity contribution is 6.65. The molecule has 8 atom stereocenters. The summed E-state index contributed by atoms with van der Waals surface area (Å²) in [4.78, 5) is 27.9. The fourth-order valence-electron chi connectivity index (χ4n) is 5.52. The minimum Gasteiger partial charge on any atom is -0.373 e. The first-order valence-electron chi connectivity index (χ1n) is 8.15. The van der Waals surface area contributed by atoms with Crippen molar-refractivity contribution >= 4 is 81.4 Å². The van der Waals surface area contributed by atoms with Gasteiger partial charge in [0.2, 0.25) is 0 Å². The van der Waals surface area contributed by atoms with Gasteiger partial charge in [-0.1, -0.05) is 52.5 Å². The van der Waals surface area contributed by atoms with Crippen LogP contribution in [0.25, 0.3) is 0 Å². The Morgan fingerprint density at radius 1 is 1.00 bits per heavy atom. The van der Waals surface area contributed by atoms with E-state index in [4.69, 9.17) is 79.2 Å². The van der Waals surface area contributed by atoms with E-state index in [1.807, 2.05) is 0 Å². The third kappa shape index (κ3) is 1.74. The number of amides is 2. The van der Waals surface area contributed by atoms with Crippen molar-refractivity contribution in [1.29, 1.82) is 0 Å². The van der Waals surface area contributed by atoms with E-state index in [1.54, 1.807) is 0 Å². The molecule has 0 aromatic heterocycles. The average Bonchev–Trinajstić information content (AvgIpc) is 3.31. The largest absolute Gasteiger partial charge is 0.373 e. The van der Waals surface area contributed by atoms with Crippen LogP contribution in [0.2, 0.25) is 0 Å². The third-order valence-electron chi connectivity index (χ3n) is 6.46. The highest BCUT2D eigenvalue weighted by Crippen LogP contribution is 2.81. The number of nitrogens with zero attached hydrogens (tertiary/aromatic N) is 1. The summed E-state index contributed by atoms with van der Waals surface area (Å²) in [5.41, 5.74) is 0. The predicted molar refractivity (Wildman–Crippen MR) is 101 cm³/mol. The molecule has 3 heterocycles. The van der Waals surface area contributed by atoms with Gasteiger partial charge in [-0.2, -0.15) is 5.06 Å². The third-order valence-corrected chi connectivity index (χ3v) is 10.8. The molecule has 0 unspecified atom stereocenters. The summed E-state index contributed by atoms with van der Waals surface area (Å²) in [5, 5.41) is 0.878. The molecule has 2 aliphatic carbocycles. The van der Waals surface area contributed by atoms with Gasteiger partial charge >= 0.3 is 0 Å². The molecule has 5 aliphatic rings. The molecule has 0 N–H and O–H groups in total. The molecule has 0 aromatic carbocycles. The molecule has 3 aliphatic heterocycles. The molecule has 27 heavy (non-hydrogen) atoms. The zero-order valence-electron chi connectivity index (χ0n) is 13.3. The zero-order valence-corrected chi connectivity index (χ0v) is 17.8. The second-order valence-electron chi connectivity index (χ2n) is 7.35. The molecular weight excluding hydrogens is 483 g/mol. The maximum absolute atomic E-state index is 12.8. The summed E-state index contributed by atoms with van der Waals surface area (Å²) in [6, 6.07) is 0. The number of rotatable bonds is 3. The van der Waals surface area contributed by atoms with Crippen molar-refractivity contribution in [3.05, 3.63) is 22.7 Å². The van der Waals surface area contributed by atoms with Gasteiger partial charge in [0.15, 0.2) is 4.33 Å². The van der Waals surface area contributed by atoms with Gasteiger partial charge in [0.25, 0.3) is 11.8 Å². The highest BCUT2D eigenvalue weighted by Gasteiger charge is 2.90. The van der Waals surface area contributed by atoms with Gasteiger partial charge in [0.05, 0.1) is 40.7 Å². The standard InChI is InChI=1S/C16H11Cl6NO4/c1-2-3-26-23-12(24)4-5(13(23)25)9-7-6(8(4)27-9)14(19)10(17)11(18)15(7,20)16(14,21)22/h2,4-9H,1,3H2/t4-,5-,6+,7+,8-,9+,14-,15-/m1/s1. The van der Waals surface area contributed by atoms with Crippen molar-refractivity contribution in [2.45, 2.75) is 26.3 Å². The van der Waals surface area contributed by atoms with Crippen LogP contribution in [0.1, 0.15) is 0 Å². The Labute approximate surface area is 184 Å². The fourth-order valence-corrected chi connectivity index (χ4v) is 8.59. The minimum absolute atomic E-state index is 0.0184. The van der Waals surface area contributed by atoms with Gasteiger partial charge in [-0.3, -0.25) is 14.4 Å². The Bertz CT molecular complexity index is 789. The van der Waals surface area contributed by atoms with Crippen LogP contribution in [0.4, 0.5) is 0 Å². The lowest BCUT2D eigenvalue weighted by atomic mass is 9.65. The van der Waals surface area contributed by atoms with Crippen LogP contribution in [-0.4, -0.2) is 49.8 Å². The predicted octanol–water partition coefficient (Wildman–Crippen LogP) is 3.56. The molecule has 1 saturated carbocycles. The van der Waals surface area contributed by atoms with Gasteiger partial charge in [-0.25, -0.2) is 0 Å². The number of imide groups is 1. The van der Waals surface area contributed by atoms with Crippen LogP contribution < -0.4 is 0 Å². The van der Waals surface area contributed by atoms with Crippen molar-refractivity contribution in [3.8, 4) is 0 Å². The lowest BCUT2D eigenvalue weighted by Crippen LogP contribution is -2.50. The zero-order chi connectivity index (χ0) is 19.7. The number of ether oxygens (including phenoxy) is 1. The second kappa shape index (κ2) is 5.50. The number of carbonyl (C=O) groups excluding carboxylic acids is 2. The number of fused-ring (bicyclic) bond motifs is 12. The Kier molecular flexibility index (Phi) is 3.92. The topological polar surface area (TPSA) is 55.8 Å². The van der Waals surface area contributed by atoms with Crippen LogP contribution in [0, 0.1) is 23.7 Å². The summed E-state index contributed by atoms with van der Waals surface area (Å²) >= 11 is 39.7. The van der Waals surface area contributed by atoms with E-state index in [1.165, 1.54) is 6.08 Å². The molecule has 0 spiro atoms. The quantitative estimate of drug-likeness (QED) is 0.343. The Morgan fingerprint density at radius 3 is 1.85 bits per heavy atom. The molecule has 2 amide bonds. The molecule has 146 valence electrons. The monoisotopic (exact) mass is 491 g/mol. The molecular formula is C16H11Cl6NO4. The van der Waals surface area contributed by atoms with E-state index in [0.29, 0.717) is 0 Å². The SMILES string of the molecule is C=CCON1C(=O)[C@H]2[C@H]3O[C@@H]([C@@H]2C1=O)[C@@H]1[C@@H]3[C@@]2(Cl)C(Cl)=C(Cl)[C@@]1(Cl)C2(Cl)Cl. The molecule has 4 fully saturated rings. The number of hydrogen-bond donors (Lipinski definition) is 0. The van der Waals surface area contributed by atoms with Gasteiger partial charge in [-0.15, -0.1) is 29.8 Å². The van der Waals surface area contributed by atoms with Gasteiger partial charge in [-0.05, 0) is 0 Å². The van der Waals surface area contributed by atoms with Crippen LogP contribution in [0.3, 0.4) is 0 Å². The molecule has 0 radical (unpaired) electrons. The first kappa shape index (κ1) is 19.3. The number of hydrogen-bond acceptors (Lipinski definition) is 4. The number of alkyl halides is 4. The Balaban J connectivity index is 1.62. The summed E-state index contributed by atoms with van der Waals surface area (Å²) in [7, 11) is 0. The number of carbonyl (C=O) groups is 2. The Hall–Kier alpha value is 0.280. The molecule has 4 bridgehead atoms. The Morgan fingerprint density at radius 2 is 1.44 bits per heavy atom. The van der Waals surface area contributed by atoms with Crippen LogP contribution in [-0.2, 0) is 19.2 Å². The first-order valence-corrected chi connectivity index (χ1v) is 10.4. The maximum Gasteiger partial charge on any atom is 0.260 e. The number of allylic oxidation sites excluding steroid dienone is 2. The van der Waals surface area contributed by atoms with Crippen LogP contribution in [0.5, 0.6) is 0 Å². The first-order chi connectivity index (χ1) is 12.6. The number of halogens is 6. The van der Waals surface area contributed by atoms with E-state index < -0.39 is 61.8 Å². The molecule has 3 saturated heterocycles. The van der Waals surface area contributed by atoms with E-state index >= 15 is 0 Å². The smallest absolute Gasteiger partial charge is 0.260 e. The second-order valence-corrected chi connectivity index (χ2v) is 10.6. The van der Waals surface area contributed by atoms with E-state index in [2.05, 4.69) is 6.58 Å². The van der Waals surface area contributed by atoms with Crippen molar-refractivity contribution in [1.82, 2.24) is 5.06 Å². The minimum atomic E-state index is -1.73. The van der Waals surface area contributed by atoms with Crippen LogP contribution in [0.15, 0.2) is 22.7 Å². The summed E-state index contributed by atoms with van der Waals surface area (Å²) in [6.07, 6.45) is -0.0192. The van der Waals surface area contributed by atoms with Crippen molar-refractivity contribution in [2.24, 2.45) is 23.7 Å². The molecule has 5 nitrogen and oxygen atoms in total. The normalized spacial score (nSPS) is 51.4. The van der Waals surface area contributed by atoms with Crippen molar-refractivity contribution in [3.63, 3.8) is 0 Å². The average molecular weight is 494 g/mol. The fraction of sp³-hybridized carbons (Fsp3) is 0.625. The molecule has 0 aromatic rings. The lowest BCUT2D eigenvalue weighted by molar-refractivity contribution is -0.189. The summed E-state index contributed by atoms with van der Waals surface area (Å²) in [5.74, 6) is -3.68.